The van der Waals surface area contributed by atoms with Crippen LogP contribution in [0.1, 0.15) is 41.0 Å². The molecule has 1 saturated heterocycles. The lowest BCUT2D eigenvalue weighted by atomic mass is 10.0. The Labute approximate surface area is 175 Å². The smallest absolute Gasteiger partial charge is 0.223 e. The van der Waals surface area contributed by atoms with E-state index in [9.17, 15) is 9.59 Å². The van der Waals surface area contributed by atoms with Crippen molar-refractivity contribution in [3.8, 4) is 0 Å². The predicted octanol–water partition coefficient (Wildman–Crippen LogP) is 3.92. The number of nitrogens with zero attached hydrogens (tertiary/aromatic N) is 3. The molecule has 0 unspecified atom stereocenters. The first-order chi connectivity index (χ1) is 13.5. The van der Waals surface area contributed by atoms with Crippen molar-refractivity contribution in [3.05, 3.63) is 51.4 Å². The van der Waals surface area contributed by atoms with Gasteiger partial charge in [-0.05, 0) is 37.1 Å². The zero-order valence-corrected chi connectivity index (χ0v) is 17.7. The predicted molar refractivity (Wildman–Crippen MR) is 113 cm³/mol. The molecular formula is C21H26ClN3O2S. The molecule has 3 heterocycles. The van der Waals surface area contributed by atoms with Crippen molar-refractivity contribution in [2.45, 2.75) is 38.1 Å². The number of carbonyl (C=O) groups excluding carboxylic acids is 2. The van der Waals surface area contributed by atoms with Crippen LogP contribution in [0.4, 0.5) is 0 Å². The van der Waals surface area contributed by atoms with Gasteiger partial charge in [0, 0.05) is 63.9 Å². The fourth-order valence-electron chi connectivity index (χ4n) is 3.54. The lowest BCUT2D eigenvalue weighted by Crippen LogP contribution is -2.46. The van der Waals surface area contributed by atoms with Gasteiger partial charge in [0.1, 0.15) is 0 Å². The van der Waals surface area contributed by atoms with Crippen molar-refractivity contribution in [1.82, 2.24) is 14.8 Å². The molecule has 1 amide bonds. The third kappa shape index (κ3) is 5.87. The van der Waals surface area contributed by atoms with Crippen molar-refractivity contribution in [1.29, 1.82) is 0 Å². The molecule has 5 nitrogen and oxygen atoms in total. The van der Waals surface area contributed by atoms with Crippen molar-refractivity contribution >= 4 is 34.6 Å². The number of Topliss-reactive ketones (excluding diaryl/α,β-unsaturated/α-hetero) is 1. The number of thiophene rings is 1. The first-order valence-corrected chi connectivity index (χ1v) is 10.9. The van der Waals surface area contributed by atoms with Gasteiger partial charge in [-0.1, -0.05) is 17.7 Å². The van der Waals surface area contributed by atoms with E-state index in [0.29, 0.717) is 9.21 Å². The van der Waals surface area contributed by atoms with Gasteiger partial charge >= 0.3 is 0 Å². The van der Waals surface area contributed by atoms with E-state index in [2.05, 4.69) is 16.0 Å². The molecular weight excluding hydrogens is 394 g/mol. The number of pyridine rings is 1. The Bertz CT molecular complexity index is 788. The van der Waals surface area contributed by atoms with E-state index in [1.807, 2.05) is 30.3 Å². The summed E-state index contributed by atoms with van der Waals surface area (Å²) in [5, 5.41) is 0. The number of ketones is 1. The Hall–Kier alpha value is -1.76. The van der Waals surface area contributed by atoms with Gasteiger partial charge < -0.3 is 9.80 Å². The number of piperidine rings is 1. The van der Waals surface area contributed by atoms with Crippen LogP contribution in [0.15, 0.2) is 36.5 Å². The number of hydrogen-bond acceptors (Lipinski definition) is 5. The SMILES string of the molecule is CN(C(=O)CCC(=O)c1ccc(Cl)s1)C1CCN(CCc2ccccn2)CC1. The fraction of sp³-hybridized carbons (Fsp3) is 0.476. The quantitative estimate of drug-likeness (QED) is 0.608. The van der Waals surface area contributed by atoms with E-state index < -0.39 is 0 Å². The molecule has 2 aromatic rings. The Morgan fingerprint density at radius 2 is 2.00 bits per heavy atom. The second-order valence-corrected chi connectivity index (χ2v) is 8.89. The van der Waals surface area contributed by atoms with E-state index >= 15 is 0 Å². The largest absolute Gasteiger partial charge is 0.343 e. The highest BCUT2D eigenvalue weighted by Gasteiger charge is 2.25. The molecule has 2 aromatic heterocycles. The number of aromatic nitrogens is 1. The molecule has 3 rings (SSSR count). The van der Waals surface area contributed by atoms with Crippen molar-refractivity contribution in [2.75, 3.05) is 26.7 Å². The van der Waals surface area contributed by atoms with Gasteiger partial charge in [0.15, 0.2) is 5.78 Å². The van der Waals surface area contributed by atoms with Crippen LogP contribution in [0.5, 0.6) is 0 Å². The van der Waals surface area contributed by atoms with Crippen LogP contribution in [0, 0.1) is 0 Å². The molecule has 0 aromatic carbocycles. The van der Waals surface area contributed by atoms with Gasteiger partial charge in [0.05, 0.1) is 9.21 Å². The van der Waals surface area contributed by atoms with Crippen molar-refractivity contribution < 1.29 is 9.59 Å². The molecule has 1 aliphatic heterocycles. The summed E-state index contributed by atoms with van der Waals surface area (Å²) in [6.45, 7) is 2.97. The normalized spacial score (nSPS) is 15.5. The van der Waals surface area contributed by atoms with Crippen LogP contribution < -0.4 is 0 Å². The minimum atomic E-state index is -0.0111. The summed E-state index contributed by atoms with van der Waals surface area (Å²) in [7, 11) is 1.86. The zero-order valence-electron chi connectivity index (χ0n) is 16.1. The number of rotatable bonds is 8. The molecule has 150 valence electrons. The summed E-state index contributed by atoms with van der Waals surface area (Å²) >= 11 is 7.14. The first-order valence-electron chi connectivity index (χ1n) is 9.69. The first kappa shape index (κ1) is 21.0. The van der Waals surface area contributed by atoms with E-state index in [-0.39, 0.29) is 30.6 Å². The highest BCUT2D eigenvalue weighted by molar-refractivity contribution is 7.18. The molecule has 1 aliphatic rings. The number of hydrogen-bond donors (Lipinski definition) is 0. The zero-order chi connectivity index (χ0) is 19.9. The molecule has 0 saturated carbocycles. The van der Waals surface area contributed by atoms with Crippen molar-refractivity contribution in [2.24, 2.45) is 0 Å². The van der Waals surface area contributed by atoms with E-state index in [0.717, 1.165) is 44.6 Å². The van der Waals surface area contributed by atoms with Gasteiger partial charge in [-0.2, -0.15) is 0 Å². The number of halogens is 1. The van der Waals surface area contributed by atoms with E-state index in [4.69, 9.17) is 11.6 Å². The molecule has 0 radical (unpaired) electrons. The van der Waals surface area contributed by atoms with E-state index in [1.54, 1.807) is 12.1 Å². The maximum absolute atomic E-state index is 12.5. The van der Waals surface area contributed by atoms with Crippen LogP contribution in [0.2, 0.25) is 4.34 Å². The molecule has 1 fully saturated rings. The number of likely N-dealkylation sites (tertiary alicyclic amines) is 1. The maximum atomic E-state index is 12.5. The molecule has 0 spiro atoms. The summed E-state index contributed by atoms with van der Waals surface area (Å²) in [4.78, 5) is 33.9. The molecule has 28 heavy (non-hydrogen) atoms. The monoisotopic (exact) mass is 419 g/mol. The van der Waals surface area contributed by atoms with Gasteiger partial charge in [0.25, 0.3) is 0 Å². The molecule has 0 atom stereocenters. The molecule has 0 bridgehead atoms. The summed E-state index contributed by atoms with van der Waals surface area (Å²) in [6, 6.07) is 9.71. The average Bonchev–Trinajstić information content (AvgIpc) is 3.17. The lowest BCUT2D eigenvalue weighted by Gasteiger charge is -2.36. The van der Waals surface area contributed by atoms with Crippen LogP contribution in [0.3, 0.4) is 0 Å². The summed E-state index contributed by atoms with van der Waals surface area (Å²) in [5.74, 6) is 0.0333. The molecule has 7 heteroatoms. The Balaban J connectivity index is 1.38. The molecule has 0 aliphatic carbocycles. The number of carbonyl (C=O) groups is 2. The van der Waals surface area contributed by atoms with Gasteiger partial charge in [0.2, 0.25) is 5.91 Å². The minimum absolute atomic E-state index is 0.0111. The van der Waals surface area contributed by atoms with Crippen molar-refractivity contribution in [3.63, 3.8) is 0 Å². The number of amides is 1. The van der Waals surface area contributed by atoms with Crippen LogP contribution in [-0.2, 0) is 11.2 Å². The van der Waals surface area contributed by atoms with Crippen LogP contribution in [-0.4, -0.2) is 59.2 Å². The Morgan fingerprint density at radius 1 is 1.21 bits per heavy atom. The summed E-state index contributed by atoms with van der Waals surface area (Å²) in [6.07, 6.45) is 5.22. The average molecular weight is 420 g/mol. The topological polar surface area (TPSA) is 53.5 Å². The second-order valence-electron chi connectivity index (χ2n) is 7.18. The summed E-state index contributed by atoms with van der Waals surface area (Å²) in [5.41, 5.74) is 1.12. The summed E-state index contributed by atoms with van der Waals surface area (Å²) < 4.78 is 0.599. The second kappa shape index (κ2) is 10.1. The van der Waals surface area contributed by atoms with Gasteiger partial charge in [-0.3, -0.25) is 14.6 Å². The fourth-order valence-corrected chi connectivity index (χ4v) is 4.55. The van der Waals surface area contributed by atoms with Crippen LogP contribution >= 0.6 is 22.9 Å². The van der Waals surface area contributed by atoms with Gasteiger partial charge in [-0.15, -0.1) is 11.3 Å². The third-order valence-corrected chi connectivity index (χ3v) is 6.59. The molecule has 0 N–H and O–H groups in total. The van der Waals surface area contributed by atoms with E-state index in [1.165, 1.54) is 11.3 Å². The highest BCUT2D eigenvalue weighted by atomic mass is 35.5. The van der Waals surface area contributed by atoms with Crippen LogP contribution in [0.25, 0.3) is 0 Å². The lowest BCUT2D eigenvalue weighted by molar-refractivity contribution is -0.132. The third-order valence-electron chi connectivity index (χ3n) is 5.32. The highest BCUT2D eigenvalue weighted by Crippen LogP contribution is 2.23. The van der Waals surface area contributed by atoms with Gasteiger partial charge in [-0.25, -0.2) is 0 Å². The Kier molecular flexibility index (Phi) is 7.59. The standard InChI is InChI=1S/C21H26ClN3O2S/c1-24(21(27)8-5-18(26)19-6-7-20(22)28-19)17-10-14-25(15-11-17)13-9-16-4-2-3-12-23-16/h2-4,6-7,12,17H,5,8-11,13-15H2,1H3. The Morgan fingerprint density at radius 3 is 2.64 bits per heavy atom. The minimum Gasteiger partial charge on any atom is -0.343 e. The maximum Gasteiger partial charge on any atom is 0.223 e.